The van der Waals surface area contributed by atoms with E-state index in [0.29, 0.717) is 22.9 Å². The summed E-state index contributed by atoms with van der Waals surface area (Å²) in [6.07, 6.45) is 0. The highest BCUT2D eigenvalue weighted by atomic mass is 16.6. The lowest BCUT2D eigenvalue weighted by molar-refractivity contribution is 0.0537. The summed E-state index contributed by atoms with van der Waals surface area (Å²) in [6.45, 7) is 3.88. The number of pyridine rings is 1. The van der Waals surface area contributed by atoms with Gasteiger partial charge in [0.15, 0.2) is 5.65 Å². The van der Waals surface area contributed by atoms with Gasteiger partial charge < -0.3 is 4.74 Å². The molecule has 3 heterocycles. The smallest absolute Gasteiger partial charge is 0.274 e. The molecule has 0 aliphatic carbocycles. The van der Waals surface area contributed by atoms with E-state index in [-0.39, 0.29) is 5.91 Å². The second-order valence-electron chi connectivity index (χ2n) is 6.31. The van der Waals surface area contributed by atoms with Crippen LogP contribution in [0.3, 0.4) is 0 Å². The van der Waals surface area contributed by atoms with Crippen LogP contribution in [0.2, 0.25) is 0 Å². The minimum atomic E-state index is -0.329. The number of ether oxygens (including phenoxy) is 1. The first-order valence-corrected chi connectivity index (χ1v) is 8.67. The maximum absolute atomic E-state index is 12.1. The van der Waals surface area contributed by atoms with E-state index in [9.17, 15) is 4.79 Å². The highest BCUT2D eigenvalue weighted by Gasteiger charge is 2.18. The summed E-state index contributed by atoms with van der Waals surface area (Å²) in [5.41, 5.74) is 7.52. The van der Waals surface area contributed by atoms with Crippen molar-refractivity contribution < 1.29 is 14.4 Å². The molecule has 0 saturated carbocycles. The van der Waals surface area contributed by atoms with Crippen molar-refractivity contribution in [3.63, 3.8) is 0 Å². The van der Waals surface area contributed by atoms with Gasteiger partial charge in [-0.1, -0.05) is 12.1 Å². The number of hydrogen-bond acceptors (Lipinski definition) is 6. The molecule has 0 fully saturated rings. The topological polar surface area (TPSA) is 90.6 Å². The first kappa shape index (κ1) is 17.9. The highest BCUT2D eigenvalue weighted by Crippen LogP contribution is 2.29. The van der Waals surface area contributed by atoms with Gasteiger partial charge in [-0.25, -0.2) is 15.4 Å². The highest BCUT2D eigenvalue weighted by molar-refractivity contribution is 5.94. The molecule has 142 valence electrons. The standard InChI is InChI=1S/C20H19N5O3/c1-11-17-12(2)22-18(13-6-5-7-14(10-13)20(26)24-28-4)25(17)19-15(21-11)8-9-16(23-19)27-3/h5-10H,1-4H3,(H,24,26). The van der Waals surface area contributed by atoms with Crippen molar-refractivity contribution in [3.8, 4) is 17.3 Å². The number of hydrogen-bond donors (Lipinski definition) is 1. The Bertz CT molecular complexity index is 1220. The van der Waals surface area contributed by atoms with E-state index in [0.717, 1.165) is 28.0 Å². The van der Waals surface area contributed by atoms with Crippen LogP contribution in [0.1, 0.15) is 21.7 Å². The van der Waals surface area contributed by atoms with Crippen LogP contribution in [-0.4, -0.2) is 39.5 Å². The molecular weight excluding hydrogens is 358 g/mol. The molecule has 0 unspecified atom stereocenters. The first-order chi connectivity index (χ1) is 13.5. The number of nitrogens with one attached hydrogen (secondary N) is 1. The molecule has 0 atom stereocenters. The van der Waals surface area contributed by atoms with Gasteiger partial charge in [-0.3, -0.25) is 14.0 Å². The Morgan fingerprint density at radius 2 is 1.82 bits per heavy atom. The average Bonchev–Trinajstić information content (AvgIpc) is 3.06. The van der Waals surface area contributed by atoms with E-state index < -0.39 is 0 Å². The molecule has 8 heteroatoms. The van der Waals surface area contributed by atoms with Crippen LogP contribution in [0.5, 0.6) is 5.88 Å². The van der Waals surface area contributed by atoms with Crippen molar-refractivity contribution in [2.45, 2.75) is 13.8 Å². The molecule has 4 rings (SSSR count). The zero-order valence-corrected chi connectivity index (χ0v) is 16.0. The largest absolute Gasteiger partial charge is 0.481 e. The number of aryl methyl sites for hydroxylation is 2. The van der Waals surface area contributed by atoms with Crippen LogP contribution < -0.4 is 10.2 Å². The number of rotatable bonds is 4. The molecule has 1 aromatic carbocycles. The molecule has 0 saturated heterocycles. The van der Waals surface area contributed by atoms with Gasteiger partial charge in [0, 0.05) is 17.2 Å². The number of imidazole rings is 1. The lowest BCUT2D eigenvalue weighted by atomic mass is 10.1. The fourth-order valence-electron chi connectivity index (χ4n) is 3.33. The molecule has 1 amide bonds. The Morgan fingerprint density at radius 1 is 1.04 bits per heavy atom. The quantitative estimate of drug-likeness (QED) is 0.550. The van der Waals surface area contributed by atoms with E-state index in [1.165, 1.54) is 7.11 Å². The van der Waals surface area contributed by atoms with E-state index in [2.05, 4.69) is 15.4 Å². The molecule has 3 aromatic heterocycles. The van der Waals surface area contributed by atoms with Crippen LogP contribution >= 0.6 is 0 Å². The van der Waals surface area contributed by atoms with Gasteiger partial charge >= 0.3 is 0 Å². The summed E-state index contributed by atoms with van der Waals surface area (Å²) in [7, 11) is 2.97. The molecule has 8 nitrogen and oxygen atoms in total. The van der Waals surface area contributed by atoms with Gasteiger partial charge in [-0.05, 0) is 32.0 Å². The molecule has 0 bridgehead atoms. The summed E-state index contributed by atoms with van der Waals surface area (Å²) in [6, 6.07) is 10.8. The van der Waals surface area contributed by atoms with Crippen LogP contribution in [-0.2, 0) is 4.84 Å². The number of carbonyl (C=O) groups is 1. The molecular formula is C20H19N5O3. The minimum absolute atomic E-state index is 0.329. The average molecular weight is 377 g/mol. The molecule has 0 radical (unpaired) electrons. The van der Waals surface area contributed by atoms with Gasteiger partial charge in [0.2, 0.25) is 5.88 Å². The summed E-state index contributed by atoms with van der Waals surface area (Å²) >= 11 is 0. The Hall–Kier alpha value is -3.52. The van der Waals surface area contributed by atoms with E-state index >= 15 is 0 Å². The number of nitrogens with zero attached hydrogens (tertiary/aromatic N) is 4. The van der Waals surface area contributed by atoms with Crippen LogP contribution in [0.15, 0.2) is 36.4 Å². The molecule has 0 aliphatic heterocycles. The molecule has 0 spiro atoms. The second kappa shape index (κ2) is 6.90. The number of amides is 1. The third-order valence-electron chi connectivity index (χ3n) is 4.51. The molecule has 0 aliphatic rings. The van der Waals surface area contributed by atoms with Crippen LogP contribution in [0, 0.1) is 13.8 Å². The zero-order valence-electron chi connectivity index (χ0n) is 16.0. The second-order valence-corrected chi connectivity index (χ2v) is 6.31. The van der Waals surface area contributed by atoms with Crippen molar-refractivity contribution in [3.05, 3.63) is 53.3 Å². The van der Waals surface area contributed by atoms with Gasteiger partial charge in [-0.2, -0.15) is 4.98 Å². The van der Waals surface area contributed by atoms with Crippen molar-refractivity contribution in [2.75, 3.05) is 14.2 Å². The van der Waals surface area contributed by atoms with E-state index in [4.69, 9.17) is 14.6 Å². The molecule has 28 heavy (non-hydrogen) atoms. The molecule has 4 aromatic rings. The maximum Gasteiger partial charge on any atom is 0.274 e. The number of aromatic nitrogens is 4. The SMILES string of the molecule is CONC(=O)c1cccc(-c2nc(C)c3c(C)nc4ccc(OC)nc4n23)c1. The number of methoxy groups -OCH3 is 1. The number of hydroxylamine groups is 1. The van der Waals surface area contributed by atoms with Crippen molar-refractivity contribution in [1.82, 2.24) is 24.8 Å². The normalized spacial score (nSPS) is 11.1. The van der Waals surface area contributed by atoms with Crippen LogP contribution in [0.4, 0.5) is 0 Å². The van der Waals surface area contributed by atoms with Crippen molar-refractivity contribution in [1.29, 1.82) is 0 Å². The Balaban J connectivity index is 2.03. The maximum atomic E-state index is 12.1. The van der Waals surface area contributed by atoms with Crippen molar-refractivity contribution >= 4 is 22.6 Å². The van der Waals surface area contributed by atoms with Crippen LogP contribution in [0.25, 0.3) is 28.1 Å². The zero-order chi connectivity index (χ0) is 19.8. The number of fused-ring (bicyclic) bond motifs is 3. The van der Waals surface area contributed by atoms with Gasteiger partial charge in [0.25, 0.3) is 5.91 Å². The fraction of sp³-hybridized carbons (Fsp3) is 0.200. The van der Waals surface area contributed by atoms with E-state index in [1.807, 2.05) is 30.4 Å². The number of carbonyl (C=O) groups excluding carboxylic acids is 1. The van der Waals surface area contributed by atoms with E-state index in [1.54, 1.807) is 31.4 Å². The fourth-order valence-corrected chi connectivity index (χ4v) is 3.33. The number of benzene rings is 1. The Labute approximate surface area is 161 Å². The lowest BCUT2D eigenvalue weighted by Gasteiger charge is -2.09. The third-order valence-corrected chi connectivity index (χ3v) is 4.51. The molecule has 1 N–H and O–H groups in total. The minimum Gasteiger partial charge on any atom is -0.481 e. The third kappa shape index (κ3) is 2.84. The summed E-state index contributed by atoms with van der Waals surface area (Å²) in [5, 5.41) is 0. The summed E-state index contributed by atoms with van der Waals surface area (Å²) in [4.78, 5) is 30.9. The Morgan fingerprint density at radius 3 is 2.57 bits per heavy atom. The lowest BCUT2D eigenvalue weighted by Crippen LogP contribution is -2.21. The predicted octanol–water partition coefficient (Wildman–Crippen LogP) is 2.86. The monoisotopic (exact) mass is 377 g/mol. The Kier molecular flexibility index (Phi) is 4.40. The van der Waals surface area contributed by atoms with Gasteiger partial charge in [0.1, 0.15) is 11.3 Å². The predicted molar refractivity (Wildman–Crippen MR) is 104 cm³/mol. The van der Waals surface area contributed by atoms with Crippen molar-refractivity contribution in [2.24, 2.45) is 0 Å². The first-order valence-electron chi connectivity index (χ1n) is 8.67. The summed E-state index contributed by atoms with van der Waals surface area (Å²) in [5.74, 6) is 0.838. The summed E-state index contributed by atoms with van der Waals surface area (Å²) < 4.78 is 7.25. The van der Waals surface area contributed by atoms with Gasteiger partial charge in [0.05, 0.1) is 31.1 Å². The van der Waals surface area contributed by atoms with Gasteiger partial charge in [-0.15, -0.1) is 0 Å².